The third kappa shape index (κ3) is 2.77. The van der Waals surface area contributed by atoms with E-state index in [-0.39, 0.29) is 16.2 Å². The molecule has 0 saturated carbocycles. The van der Waals surface area contributed by atoms with Gasteiger partial charge in [0.2, 0.25) is 12.2 Å². The number of isocyanates is 2. The minimum Gasteiger partial charge on any atom is -0.211 e. The fourth-order valence-electron chi connectivity index (χ4n) is 1.73. The molecule has 1 rings (SSSR count). The maximum atomic E-state index is 10.4. The lowest BCUT2D eigenvalue weighted by Gasteiger charge is -2.40. The van der Waals surface area contributed by atoms with Crippen molar-refractivity contribution in [3.05, 3.63) is 0 Å². The topological polar surface area (TPSA) is 58.9 Å². The molecule has 0 aromatic rings. The van der Waals surface area contributed by atoms with Gasteiger partial charge in [-0.3, -0.25) is 0 Å². The van der Waals surface area contributed by atoms with Crippen LogP contribution in [0.25, 0.3) is 0 Å². The molecule has 2 unspecified atom stereocenters. The lowest BCUT2D eigenvalue weighted by molar-refractivity contribution is 0.525. The van der Waals surface area contributed by atoms with E-state index in [1.54, 1.807) is 35.7 Å². The smallest absolute Gasteiger partial charge is 0.211 e. The van der Waals surface area contributed by atoms with E-state index in [0.29, 0.717) is 0 Å². The maximum absolute atomic E-state index is 10.4. The molecule has 0 aromatic heterocycles. The number of aliphatic imine (C=N–C) groups is 2. The second kappa shape index (κ2) is 6.26. The molecule has 6 heteroatoms. The van der Waals surface area contributed by atoms with Crippen molar-refractivity contribution in [2.45, 2.75) is 36.4 Å². The van der Waals surface area contributed by atoms with Gasteiger partial charge >= 0.3 is 0 Å². The number of rotatable bonds is 4. The average molecular weight is 258 g/mol. The first-order chi connectivity index (χ1) is 7.67. The molecule has 0 amide bonds. The van der Waals surface area contributed by atoms with Crippen LogP contribution in [0.4, 0.5) is 0 Å². The van der Waals surface area contributed by atoms with Crippen molar-refractivity contribution >= 4 is 35.7 Å². The molecule has 0 bridgehead atoms. The van der Waals surface area contributed by atoms with Crippen molar-refractivity contribution in [1.82, 2.24) is 0 Å². The third-order valence-corrected chi connectivity index (χ3v) is 6.56. The Hall–Kier alpha value is -0.540. The molecule has 0 N–H and O–H groups in total. The minimum atomic E-state index is -0.326. The van der Waals surface area contributed by atoms with Crippen molar-refractivity contribution in [2.24, 2.45) is 9.98 Å². The zero-order chi connectivity index (χ0) is 12.0. The van der Waals surface area contributed by atoms with Crippen LogP contribution in [0, 0.1) is 0 Å². The highest BCUT2D eigenvalue weighted by molar-refractivity contribution is 8.19. The van der Waals surface area contributed by atoms with Gasteiger partial charge < -0.3 is 0 Å². The predicted molar refractivity (Wildman–Crippen MR) is 67.4 cm³/mol. The van der Waals surface area contributed by atoms with Gasteiger partial charge in [-0.25, -0.2) is 19.6 Å². The summed E-state index contributed by atoms with van der Waals surface area (Å²) >= 11 is 3.45. The van der Waals surface area contributed by atoms with Crippen molar-refractivity contribution in [2.75, 3.05) is 11.5 Å². The highest BCUT2D eigenvalue weighted by Crippen LogP contribution is 2.49. The van der Waals surface area contributed by atoms with Crippen molar-refractivity contribution in [3.8, 4) is 0 Å². The highest BCUT2D eigenvalue weighted by Gasteiger charge is 2.44. The summed E-state index contributed by atoms with van der Waals surface area (Å²) < 4.78 is -0.326. The van der Waals surface area contributed by atoms with Gasteiger partial charge in [-0.15, -0.1) is 23.5 Å². The van der Waals surface area contributed by atoms with E-state index in [9.17, 15) is 9.59 Å². The molecule has 1 saturated heterocycles. The molecule has 0 aliphatic carbocycles. The Labute approximate surface area is 103 Å². The molecule has 16 heavy (non-hydrogen) atoms. The number of hydrogen-bond acceptors (Lipinski definition) is 6. The van der Waals surface area contributed by atoms with Gasteiger partial charge in [0.25, 0.3) is 0 Å². The average Bonchev–Trinajstić information content (AvgIpc) is 2.30. The summed E-state index contributed by atoms with van der Waals surface area (Å²) in [5.74, 6) is 2.01. The van der Waals surface area contributed by atoms with Crippen LogP contribution in [0.5, 0.6) is 0 Å². The van der Waals surface area contributed by atoms with E-state index < -0.39 is 0 Å². The molecule has 2 atom stereocenters. The molecular weight excluding hydrogens is 244 g/mol. The monoisotopic (exact) mass is 258 g/mol. The van der Waals surface area contributed by atoms with Gasteiger partial charge in [-0.05, 0) is 31.8 Å². The largest absolute Gasteiger partial charge is 0.235 e. The molecule has 1 heterocycles. The van der Waals surface area contributed by atoms with Crippen molar-refractivity contribution < 1.29 is 9.59 Å². The zero-order valence-electron chi connectivity index (χ0n) is 9.30. The highest BCUT2D eigenvalue weighted by atomic mass is 32.2. The van der Waals surface area contributed by atoms with Gasteiger partial charge in [-0.2, -0.15) is 0 Å². The van der Waals surface area contributed by atoms with Crippen molar-refractivity contribution in [1.29, 1.82) is 0 Å². The SMILES string of the molecule is CC(N=C=O)C1(C(C)N=C=O)SCCCS1. The van der Waals surface area contributed by atoms with Gasteiger partial charge in [-0.1, -0.05) is 0 Å². The van der Waals surface area contributed by atoms with Gasteiger partial charge in [0, 0.05) is 0 Å². The van der Waals surface area contributed by atoms with E-state index >= 15 is 0 Å². The summed E-state index contributed by atoms with van der Waals surface area (Å²) in [7, 11) is 0. The minimum absolute atomic E-state index is 0.201. The predicted octanol–water partition coefficient (Wildman–Crippen LogP) is 2.00. The first-order valence-electron chi connectivity index (χ1n) is 5.09. The van der Waals surface area contributed by atoms with Gasteiger partial charge in [0.1, 0.15) is 4.08 Å². The summed E-state index contributed by atoms with van der Waals surface area (Å²) in [6.07, 6.45) is 4.32. The lowest BCUT2D eigenvalue weighted by Crippen LogP contribution is -2.44. The number of carbonyl (C=O) groups excluding carboxylic acids is 2. The van der Waals surface area contributed by atoms with Crippen LogP contribution in [0.2, 0.25) is 0 Å². The molecule has 1 aliphatic heterocycles. The first kappa shape index (κ1) is 13.5. The van der Waals surface area contributed by atoms with E-state index in [4.69, 9.17) is 0 Å². The van der Waals surface area contributed by atoms with E-state index in [0.717, 1.165) is 17.9 Å². The fraction of sp³-hybridized carbons (Fsp3) is 0.800. The molecule has 88 valence electrons. The van der Waals surface area contributed by atoms with Crippen molar-refractivity contribution in [3.63, 3.8) is 0 Å². The van der Waals surface area contributed by atoms with Crippen LogP contribution in [0.15, 0.2) is 9.98 Å². The Bertz CT molecular complexity index is 304. The summed E-state index contributed by atoms with van der Waals surface area (Å²) in [6, 6.07) is -0.403. The molecule has 0 spiro atoms. The van der Waals surface area contributed by atoms with Gasteiger partial charge in [0.15, 0.2) is 0 Å². The third-order valence-electron chi connectivity index (χ3n) is 2.60. The standard InChI is InChI=1S/C10H14N2O2S2/c1-8(11-6-13)10(9(2)12-7-14)15-4-3-5-16-10/h8-9H,3-5H2,1-2H3. The van der Waals surface area contributed by atoms with E-state index in [1.807, 2.05) is 13.8 Å². The maximum Gasteiger partial charge on any atom is 0.235 e. The Balaban J connectivity index is 2.98. The second-order valence-corrected chi connectivity index (χ2v) is 6.57. The van der Waals surface area contributed by atoms with Crippen LogP contribution < -0.4 is 0 Å². The second-order valence-electron chi connectivity index (χ2n) is 3.56. The molecule has 1 aliphatic rings. The Morgan fingerprint density at radius 2 is 1.50 bits per heavy atom. The lowest BCUT2D eigenvalue weighted by atomic mass is 10.1. The molecule has 0 aromatic carbocycles. The Kier molecular flexibility index (Phi) is 5.29. The quantitative estimate of drug-likeness (QED) is 0.571. The van der Waals surface area contributed by atoms with Crippen LogP contribution in [-0.2, 0) is 9.59 Å². The van der Waals surface area contributed by atoms with Crippen LogP contribution in [0.1, 0.15) is 20.3 Å². The van der Waals surface area contributed by atoms with E-state index in [1.165, 1.54) is 0 Å². The summed E-state index contributed by atoms with van der Waals surface area (Å²) in [5.41, 5.74) is 0. The first-order valence-corrected chi connectivity index (χ1v) is 7.06. The van der Waals surface area contributed by atoms with Gasteiger partial charge in [0.05, 0.1) is 12.1 Å². The Morgan fingerprint density at radius 1 is 1.06 bits per heavy atom. The molecule has 0 radical (unpaired) electrons. The van der Waals surface area contributed by atoms with Crippen LogP contribution in [-0.4, -0.2) is 39.8 Å². The number of thioether (sulfide) groups is 2. The summed E-state index contributed by atoms with van der Waals surface area (Å²) in [5, 5.41) is 0. The molecular formula is C10H14N2O2S2. The molecule has 4 nitrogen and oxygen atoms in total. The molecule has 1 fully saturated rings. The van der Waals surface area contributed by atoms with E-state index in [2.05, 4.69) is 9.98 Å². The summed E-state index contributed by atoms with van der Waals surface area (Å²) in [6.45, 7) is 3.74. The number of hydrogen-bond donors (Lipinski definition) is 0. The normalized spacial score (nSPS) is 22.4. The van der Waals surface area contributed by atoms with Crippen LogP contribution >= 0.6 is 23.5 Å². The Morgan fingerprint density at radius 3 is 1.88 bits per heavy atom. The fourth-order valence-corrected chi connectivity index (χ4v) is 5.14. The zero-order valence-corrected chi connectivity index (χ0v) is 10.9. The number of nitrogens with zero attached hydrogens (tertiary/aromatic N) is 2. The van der Waals surface area contributed by atoms with Crippen LogP contribution in [0.3, 0.4) is 0 Å². The summed E-state index contributed by atoms with van der Waals surface area (Å²) in [4.78, 5) is 28.3.